The maximum Gasteiger partial charge on any atom is 0.156 e. The Hall–Kier alpha value is -0.390. The summed E-state index contributed by atoms with van der Waals surface area (Å²) in [7, 11) is -2.96. The van der Waals surface area contributed by atoms with Crippen molar-refractivity contribution in [1.82, 2.24) is 5.32 Å². The van der Waals surface area contributed by atoms with Gasteiger partial charge in [-0.05, 0) is 27.2 Å². The van der Waals surface area contributed by atoms with Crippen molar-refractivity contribution >= 4 is 9.84 Å². The zero-order valence-electron chi connectivity index (χ0n) is 10.9. The van der Waals surface area contributed by atoms with Crippen molar-refractivity contribution in [2.24, 2.45) is 0 Å². The summed E-state index contributed by atoms with van der Waals surface area (Å²) in [5.41, 5.74) is 1.11. The van der Waals surface area contributed by atoms with E-state index in [0.29, 0.717) is 12.6 Å². The minimum absolute atomic E-state index is 0.143. The summed E-state index contributed by atoms with van der Waals surface area (Å²) < 4.78 is 28.6. The van der Waals surface area contributed by atoms with E-state index in [-0.39, 0.29) is 11.0 Å². The zero-order chi connectivity index (χ0) is 12.9. The van der Waals surface area contributed by atoms with Crippen molar-refractivity contribution in [3.05, 3.63) is 11.6 Å². The molecule has 0 amide bonds. The van der Waals surface area contributed by atoms with Crippen molar-refractivity contribution in [1.29, 1.82) is 0 Å². The first-order valence-corrected chi connectivity index (χ1v) is 7.81. The first kappa shape index (κ1) is 14.7. The van der Waals surface area contributed by atoms with E-state index in [0.717, 1.165) is 25.1 Å². The lowest BCUT2D eigenvalue weighted by atomic mass is 10.1. The van der Waals surface area contributed by atoms with E-state index in [2.05, 4.69) is 5.32 Å². The van der Waals surface area contributed by atoms with E-state index < -0.39 is 9.84 Å². The van der Waals surface area contributed by atoms with Gasteiger partial charge in [0.15, 0.2) is 9.84 Å². The first-order valence-electron chi connectivity index (χ1n) is 6.10. The first-order chi connectivity index (χ1) is 7.92. The molecular formula is C12H23NO3S. The molecule has 17 heavy (non-hydrogen) atoms. The molecule has 100 valence electrons. The number of hydrogen-bond acceptors (Lipinski definition) is 4. The van der Waals surface area contributed by atoms with Gasteiger partial charge in [0.25, 0.3) is 0 Å². The van der Waals surface area contributed by atoms with Crippen LogP contribution in [0.1, 0.15) is 27.2 Å². The maximum atomic E-state index is 11.6. The molecule has 0 aromatic carbocycles. The Morgan fingerprint density at radius 1 is 1.53 bits per heavy atom. The van der Waals surface area contributed by atoms with Gasteiger partial charge in [-0.2, -0.15) is 0 Å². The fourth-order valence-electron chi connectivity index (χ4n) is 1.67. The molecule has 1 fully saturated rings. The van der Waals surface area contributed by atoms with Crippen LogP contribution in [0, 0.1) is 0 Å². The van der Waals surface area contributed by atoms with E-state index >= 15 is 0 Å². The highest BCUT2D eigenvalue weighted by atomic mass is 32.2. The van der Waals surface area contributed by atoms with Gasteiger partial charge in [-0.1, -0.05) is 11.6 Å². The number of morpholine rings is 1. The Morgan fingerprint density at radius 3 is 2.76 bits per heavy atom. The second kappa shape index (κ2) is 6.52. The molecule has 1 saturated heterocycles. The average molecular weight is 261 g/mol. The fourth-order valence-corrected chi connectivity index (χ4v) is 2.58. The monoisotopic (exact) mass is 261 g/mol. The molecule has 0 spiro atoms. The molecule has 0 aromatic heterocycles. The lowest BCUT2D eigenvalue weighted by Gasteiger charge is -2.24. The van der Waals surface area contributed by atoms with Crippen LogP contribution in [-0.4, -0.2) is 45.2 Å². The summed E-state index contributed by atoms with van der Waals surface area (Å²) in [6.45, 7) is 7.77. The third kappa shape index (κ3) is 5.19. The molecule has 5 heteroatoms. The molecule has 0 aromatic rings. The summed E-state index contributed by atoms with van der Waals surface area (Å²) in [5.74, 6) is 0.143. The van der Waals surface area contributed by atoms with E-state index in [4.69, 9.17) is 4.74 Å². The number of nitrogens with one attached hydrogen (secondary N) is 1. The molecule has 0 radical (unpaired) electrons. The summed E-state index contributed by atoms with van der Waals surface area (Å²) in [4.78, 5) is 0. The van der Waals surface area contributed by atoms with Crippen molar-refractivity contribution in [3.8, 4) is 0 Å². The lowest BCUT2D eigenvalue weighted by Crippen LogP contribution is -2.41. The van der Waals surface area contributed by atoms with E-state index in [1.807, 2.05) is 13.0 Å². The minimum atomic E-state index is -2.96. The smallest absolute Gasteiger partial charge is 0.156 e. The van der Waals surface area contributed by atoms with Crippen molar-refractivity contribution < 1.29 is 13.2 Å². The Labute approximate surface area is 104 Å². The van der Waals surface area contributed by atoms with Gasteiger partial charge in [-0.3, -0.25) is 0 Å². The molecule has 1 N–H and O–H groups in total. The molecule has 1 aliphatic rings. The SMILES string of the molecule is C/C(=C/CS(=O)(=O)C(C)C)CC1COCCN1. The molecule has 0 aliphatic carbocycles. The van der Waals surface area contributed by atoms with Crippen LogP contribution in [0.5, 0.6) is 0 Å². The standard InChI is InChI=1S/C12H23NO3S/c1-10(2)17(14,15)7-4-11(3)8-12-9-16-6-5-13-12/h4,10,12-13H,5-9H2,1-3H3/b11-4-. The molecule has 1 atom stereocenters. The molecule has 1 rings (SSSR count). The average Bonchev–Trinajstić information content (AvgIpc) is 2.28. The van der Waals surface area contributed by atoms with Crippen LogP contribution in [-0.2, 0) is 14.6 Å². The quantitative estimate of drug-likeness (QED) is 0.754. The number of rotatable bonds is 5. The Morgan fingerprint density at radius 2 is 2.24 bits per heavy atom. The van der Waals surface area contributed by atoms with Crippen LogP contribution >= 0.6 is 0 Å². The van der Waals surface area contributed by atoms with Gasteiger partial charge in [0.1, 0.15) is 0 Å². The summed E-state index contributed by atoms with van der Waals surface area (Å²) in [6.07, 6.45) is 2.68. The highest BCUT2D eigenvalue weighted by Gasteiger charge is 2.16. The maximum absolute atomic E-state index is 11.6. The lowest BCUT2D eigenvalue weighted by molar-refractivity contribution is 0.0770. The van der Waals surface area contributed by atoms with Crippen LogP contribution in [0.4, 0.5) is 0 Å². The molecule has 1 unspecified atom stereocenters. The van der Waals surface area contributed by atoms with E-state index in [1.165, 1.54) is 0 Å². The van der Waals surface area contributed by atoms with E-state index in [9.17, 15) is 8.42 Å². The van der Waals surface area contributed by atoms with Crippen LogP contribution < -0.4 is 5.32 Å². The number of hydrogen-bond donors (Lipinski definition) is 1. The topological polar surface area (TPSA) is 55.4 Å². The zero-order valence-corrected chi connectivity index (χ0v) is 11.7. The molecule has 4 nitrogen and oxygen atoms in total. The normalized spacial score (nSPS) is 23.1. The highest BCUT2D eigenvalue weighted by Crippen LogP contribution is 2.09. The van der Waals surface area contributed by atoms with Gasteiger partial charge in [-0.25, -0.2) is 8.42 Å². The number of sulfone groups is 1. The highest BCUT2D eigenvalue weighted by molar-refractivity contribution is 7.92. The molecule has 0 bridgehead atoms. The second-order valence-corrected chi connectivity index (χ2v) is 7.46. The van der Waals surface area contributed by atoms with Crippen LogP contribution in [0.25, 0.3) is 0 Å². The van der Waals surface area contributed by atoms with Crippen molar-refractivity contribution in [3.63, 3.8) is 0 Å². The predicted octanol–water partition coefficient (Wildman–Crippen LogP) is 1.13. The summed E-state index contributed by atoms with van der Waals surface area (Å²) in [6, 6.07) is 0.321. The van der Waals surface area contributed by atoms with Gasteiger partial charge in [0.2, 0.25) is 0 Å². The second-order valence-electron chi connectivity index (χ2n) is 4.86. The van der Waals surface area contributed by atoms with Crippen LogP contribution in [0.3, 0.4) is 0 Å². The Kier molecular flexibility index (Phi) is 5.62. The molecular weight excluding hydrogens is 238 g/mol. The van der Waals surface area contributed by atoms with Crippen molar-refractivity contribution in [2.75, 3.05) is 25.5 Å². The largest absolute Gasteiger partial charge is 0.379 e. The van der Waals surface area contributed by atoms with E-state index in [1.54, 1.807) is 13.8 Å². The Bertz CT molecular complexity index is 354. The van der Waals surface area contributed by atoms with Gasteiger partial charge in [0.05, 0.1) is 24.2 Å². The summed E-state index contributed by atoms with van der Waals surface area (Å²) in [5, 5.41) is 3.05. The van der Waals surface area contributed by atoms with Gasteiger partial charge < -0.3 is 10.1 Å². The van der Waals surface area contributed by atoms with Gasteiger partial charge in [0, 0.05) is 12.6 Å². The third-order valence-electron chi connectivity index (χ3n) is 2.95. The predicted molar refractivity (Wildman–Crippen MR) is 69.9 cm³/mol. The minimum Gasteiger partial charge on any atom is -0.379 e. The number of ether oxygens (including phenoxy) is 1. The van der Waals surface area contributed by atoms with Gasteiger partial charge >= 0.3 is 0 Å². The molecule has 0 saturated carbocycles. The van der Waals surface area contributed by atoms with Gasteiger partial charge in [-0.15, -0.1) is 0 Å². The molecule has 1 heterocycles. The van der Waals surface area contributed by atoms with Crippen LogP contribution in [0.2, 0.25) is 0 Å². The Balaban J connectivity index is 2.44. The molecule has 1 aliphatic heterocycles. The summed E-state index contributed by atoms with van der Waals surface area (Å²) >= 11 is 0. The fraction of sp³-hybridized carbons (Fsp3) is 0.833. The van der Waals surface area contributed by atoms with Crippen LogP contribution in [0.15, 0.2) is 11.6 Å². The van der Waals surface area contributed by atoms with Crippen molar-refractivity contribution in [2.45, 2.75) is 38.5 Å². The third-order valence-corrected chi connectivity index (χ3v) is 5.02.